The van der Waals surface area contributed by atoms with Crippen molar-refractivity contribution < 1.29 is 32.3 Å². The number of hydrogen-bond acceptors (Lipinski definition) is 4. The highest BCUT2D eigenvalue weighted by Gasteiger charge is 2.44. The van der Waals surface area contributed by atoms with Crippen LogP contribution in [0.5, 0.6) is 0 Å². The first-order valence-electron chi connectivity index (χ1n) is 10.1. The number of aliphatic carboxylic acids is 1. The Labute approximate surface area is 192 Å². The van der Waals surface area contributed by atoms with Gasteiger partial charge in [0.1, 0.15) is 17.7 Å². The van der Waals surface area contributed by atoms with E-state index >= 15 is 0 Å². The quantitative estimate of drug-likeness (QED) is 0.606. The van der Waals surface area contributed by atoms with Gasteiger partial charge in [-0.3, -0.25) is 9.59 Å². The molecular weight excluding hydrogens is 466 g/mol. The van der Waals surface area contributed by atoms with Gasteiger partial charge in [0.05, 0.1) is 16.5 Å². The summed E-state index contributed by atoms with van der Waals surface area (Å²) in [5.74, 6) is -3.51. The van der Waals surface area contributed by atoms with Crippen LogP contribution in [0.4, 0.5) is 29.1 Å². The molecule has 6 nitrogen and oxygen atoms in total. The van der Waals surface area contributed by atoms with Gasteiger partial charge in [-0.25, -0.2) is 9.37 Å². The molecule has 1 aromatic carbocycles. The lowest BCUT2D eigenvalue weighted by atomic mass is 10.0. The number of nitrogens with zero attached hydrogens (tertiary/aromatic N) is 3. The molecule has 2 heterocycles. The molecule has 0 bridgehead atoms. The summed E-state index contributed by atoms with van der Waals surface area (Å²) in [6.45, 7) is 4.61. The minimum Gasteiger partial charge on any atom is -0.481 e. The Kier molecular flexibility index (Phi) is 6.88. The van der Waals surface area contributed by atoms with Crippen LogP contribution in [0.15, 0.2) is 30.3 Å². The van der Waals surface area contributed by atoms with Crippen LogP contribution in [0.2, 0.25) is 5.02 Å². The lowest BCUT2D eigenvalue weighted by molar-refractivity contribution is -0.141. The minimum absolute atomic E-state index is 0.0795. The summed E-state index contributed by atoms with van der Waals surface area (Å²) in [4.78, 5) is 32.1. The van der Waals surface area contributed by atoms with Gasteiger partial charge in [0.15, 0.2) is 0 Å². The van der Waals surface area contributed by atoms with Crippen LogP contribution in [0.25, 0.3) is 0 Å². The molecule has 2 atom stereocenters. The van der Waals surface area contributed by atoms with Crippen LogP contribution >= 0.6 is 11.6 Å². The van der Waals surface area contributed by atoms with Crippen molar-refractivity contribution in [2.75, 3.05) is 16.3 Å². The molecule has 1 N–H and O–H groups in total. The lowest BCUT2D eigenvalue weighted by Gasteiger charge is -2.33. The third-order valence-electron chi connectivity index (χ3n) is 5.43. The fraction of sp³-hybridized carbons (Fsp3) is 0.409. The highest BCUT2D eigenvalue weighted by Crippen LogP contribution is 2.36. The van der Waals surface area contributed by atoms with Crippen LogP contribution in [-0.4, -0.2) is 40.6 Å². The van der Waals surface area contributed by atoms with Crippen molar-refractivity contribution >= 4 is 35.0 Å². The molecule has 1 amide bonds. The second kappa shape index (κ2) is 9.17. The maximum atomic E-state index is 13.7. The Morgan fingerprint density at radius 1 is 1.24 bits per heavy atom. The van der Waals surface area contributed by atoms with Crippen LogP contribution < -0.4 is 9.80 Å². The van der Waals surface area contributed by atoms with Gasteiger partial charge in [0, 0.05) is 24.0 Å². The van der Waals surface area contributed by atoms with Gasteiger partial charge in [0.2, 0.25) is 5.91 Å². The predicted octanol–water partition coefficient (Wildman–Crippen LogP) is 4.92. The number of carbonyl (C=O) groups excluding carboxylic acids is 1. The number of carbonyl (C=O) groups is 2. The van der Waals surface area contributed by atoms with E-state index in [2.05, 4.69) is 4.98 Å². The number of benzene rings is 1. The number of pyridine rings is 1. The number of carboxylic acid groups (broad SMARTS) is 1. The number of carboxylic acids is 1. The van der Waals surface area contributed by atoms with Crippen LogP contribution in [0, 0.1) is 18.7 Å². The number of aryl methyl sites for hydroxylation is 1. The third-order valence-corrected chi connectivity index (χ3v) is 5.72. The molecule has 0 saturated carbocycles. The Bertz CT molecular complexity index is 1080. The van der Waals surface area contributed by atoms with E-state index in [1.165, 1.54) is 28.9 Å². The molecule has 0 aliphatic carbocycles. The Hall–Kier alpha value is -2.88. The van der Waals surface area contributed by atoms with Gasteiger partial charge in [-0.2, -0.15) is 13.2 Å². The summed E-state index contributed by atoms with van der Waals surface area (Å²) >= 11 is 5.88. The smallest absolute Gasteiger partial charge is 0.416 e. The Balaban J connectivity index is 2.06. The average Bonchev–Trinajstić information content (AvgIpc) is 3.15. The van der Waals surface area contributed by atoms with E-state index in [4.69, 9.17) is 11.6 Å². The molecule has 1 aliphatic heterocycles. The van der Waals surface area contributed by atoms with Crippen molar-refractivity contribution in [1.82, 2.24) is 4.98 Å². The first-order valence-corrected chi connectivity index (χ1v) is 10.5. The molecule has 2 aromatic rings. The summed E-state index contributed by atoms with van der Waals surface area (Å²) < 4.78 is 53.7. The number of alkyl halides is 3. The Morgan fingerprint density at radius 3 is 2.45 bits per heavy atom. The number of hydrogen-bond donors (Lipinski definition) is 1. The highest BCUT2D eigenvalue weighted by atomic mass is 35.5. The van der Waals surface area contributed by atoms with E-state index in [0.717, 1.165) is 18.2 Å². The van der Waals surface area contributed by atoms with Gasteiger partial charge in [-0.1, -0.05) is 11.6 Å². The number of amides is 1. The third kappa shape index (κ3) is 5.21. The average molecular weight is 488 g/mol. The van der Waals surface area contributed by atoms with Crippen LogP contribution in [0.1, 0.15) is 31.5 Å². The molecule has 33 heavy (non-hydrogen) atoms. The second-order valence-corrected chi connectivity index (χ2v) is 8.60. The van der Waals surface area contributed by atoms with Gasteiger partial charge in [-0.15, -0.1) is 0 Å². The molecule has 1 aromatic heterocycles. The van der Waals surface area contributed by atoms with Crippen molar-refractivity contribution in [2.24, 2.45) is 5.92 Å². The monoisotopic (exact) mass is 487 g/mol. The molecule has 3 rings (SSSR count). The predicted molar refractivity (Wildman–Crippen MR) is 115 cm³/mol. The van der Waals surface area contributed by atoms with E-state index in [9.17, 15) is 32.3 Å². The molecular formula is C22H22ClF4N3O3. The summed E-state index contributed by atoms with van der Waals surface area (Å²) in [6, 6.07) is 3.91. The first kappa shape index (κ1) is 24.8. The summed E-state index contributed by atoms with van der Waals surface area (Å²) in [5.41, 5.74) is -0.579. The zero-order chi connectivity index (χ0) is 24.7. The summed E-state index contributed by atoms with van der Waals surface area (Å²) in [7, 11) is 0. The van der Waals surface area contributed by atoms with Crippen LogP contribution in [-0.2, 0) is 15.8 Å². The zero-order valence-corrected chi connectivity index (χ0v) is 18.8. The number of aromatic nitrogens is 1. The van der Waals surface area contributed by atoms with Gasteiger partial charge < -0.3 is 14.9 Å². The SMILES string of the molecule is Cc1cc(C(F)(F)F)cc(N2C[C@@H](C(=O)O)C[C@H]2C(=O)N(c2ccc(F)c(Cl)c2)C(C)C)n1. The molecule has 1 aliphatic rings. The number of rotatable bonds is 5. The largest absolute Gasteiger partial charge is 0.481 e. The minimum atomic E-state index is -4.64. The summed E-state index contributed by atoms with van der Waals surface area (Å²) in [5, 5.41) is 9.34. The van der Waals surface area contributed by atoms with Gasteiger partial charge >= 0.3 is 12.1 Å². The van der Waals surface area contributed by atoms with E-state index < -0.39 is 47.4 Å². The fourth-order valence-electron chi connectivity index (χ4n) is 3.94. The standard InChI is InChI=1S/C22H22ClF4N3O3/c1-11(2)30(15-4-5-17(24)16(23)9-15)20(31)18-7-13(21(32)33)10-29(18)19-8-14(22(25,26)27)6-12(3)28-19/h4-6,8-9,11,13,18H,7,10H2,1-3H3,(H,32,33)/t13-,18-/m0/s1. The van der Waals surface area contributed by atoms with Crippen LogP contribution in [0.3, 0.4) is 0 Å². The Morgan fingerprint density at radius 2 is 1.91 bits per heavy atom. The number of halogens is 5. The molecule has 0 spiro atoms. The van der Waals surface area contributed by atoms with E-state index in [0.29, 0.717) is 0 Å². The second-order valence-electron chi connectivity index (χ2n) is 8.19. The normalized spacial score (nSPS) is 18.6. The topological polar surface area (TPSA) is 73.7 Å². The molecule has 0 unspecified atom stereocenters. The van der Waals surface area contributed by atoms with Crippen molar-refractivity contribution in [1.29, 1.82) is 0 Å². The van der Waals surface area contributed by atoms with Crippen molar-refractivity contribution in [2.45, 2.75) is 45.5 Å². The fourth-order valence-corrected chi connectivity index (χ4v) is 4.11. The summed E-state index contributed by atoms with van der Waals surface area (Å²) in [6.07, 6.45) is -4.76. The maximum absolute atomic E-state index is 13.7. The lowest BCUT2D eigenvalue weighted by Crippen LogP contribution is -2.49. The van der Waals surface area contributed by atoms with Gasteiger partial charge in [-0.05, 0) is 57.5 Å². The van der Waals surface area contributed by atoms with Gasteiger partial charge in [0.25, 0.3) is 0 Å². The van der Waals surface area contributed by atoms with E-state index in [1.54, 1.807) is 13.8 Å². The zero-order valence-electron chi connectivity index (χ0n) is 18.0. The maximum Gasteiger partial charge on any atom is 0.416 e. The van der Waals surface area contributed by atoms with Crippen molar-refractivity contribution in [3.8, 4) is 0 Å². The van der Waals surface area contributed by atoms with E-state index in [-0.39, 0.29) is 35.2 Å². The highest BCUT2D eigenvalue weighted by molar-refractivity contribution is 6.31. The first-order chi connectivity index (χ1) is 15.3. The molecule has 178 valence electrons. The van der Waals surface area contributed by atoms with Crippen molar-refractivity contribution in [3.63, 3.8) is 0 Å². The molecule has 0 radical (unpaired) electrons. The van der Waals surface area contributed by atoms with Crippen molar-refractivity contribution in [3.05, 3.63) is 52.4 Å². The molecule has 1 saturated heterocycles. The van der Waals surface area contributed by atoms with E-state index in [1.807, 2.05) is 0 Å². The molecule has 1 fully saturated rings. The molecule has 11 heteroatoms. The number of anilines is 2.